The van der Waals surface area contributed by atoms with Crippen LogP contribution >= 0.6 is 0 Å². The van der Waals surface area contributed by atoms with E-state index in [2.05, 4.69) is 5.32 Å². The van der Waals surface area contributed by atoms with E-state index in [4.69, 9.17) is 14.2 Å². The van der Waals surface area contributed by atoms with E-state index in [-0.39, 0.29) is 0 Å². The molecule has 7 heteroatoms. The Hall–Kier alpha value is -2.44. The first-order valence-corrected chi connectivity index (χ1v) is 8.59. The lowest BCUT2D eigenvalue weighted by molar-refractivity contribution is -0.145. The van der Waals surface area contributed by atoms with Crippen molar-refractivity contribution < 1.29 is 28.9 Å². The van der Waals surface area contributed by atoms with Gasteiger partial charge in [-0.15, -0.1) is 0 Å². The minimum atomic E-state index is -1.21. The maximum absolute atomic E-state index is 12.8. The van der Waals surface area contributed by atoms with E-state index in [0.717, 1.165) is 25.7 Å². The van der Waals surface area contributed by atoms with Crippen LogP contribution in [0, 0.1) is 0 Å². The fraction of sp³-hybridized carbons (Fsp3) is 0.556. The van der Waals surface area contributed by atoms with Crippen LogP contribution in [-0.4, -0.2) is 42.8 Å². The van der Waals surface area contributed by atoms with Crippen LogP contribution in [-0.2, 0) is 4.79 Å². The highest BCUT2D eigenvalue weighted by Crippen LogP contribution is 2.40. The van der Waals surface area contributed by atoms with Gasteiger partial charge in [0, 0.05) is 5.56 Å². The summed E-state index contributed by atoms with van der Waals surface area (Å²) < 4.78 is 16.4. The van der Waals surface area contributed by atoms with Crippen molar-refractivity contribution in [2.75, 3.05) is 20.3 Å². The van der Waals surface area contributed by atoms with Crippen LogP contribution in [0.3, 0.4) is 0 Å². The van der Waals surface area contributed by atoms with E-state index in [9.17, 15) is 14.7 Å². The first kappa shape index (κ1) is 17.4. The van der Waals surface area contributed by atoms with Crippen molar-refractivity contribution in [1.29, 1.82) is 0 Å². The van der Waals surface area contributed by atoms with Gasteiger partial charge in [0.1, 0.15) is 18.8 Å². The van der Waals surface area contributed by atoms with Crippen molar-refractivity contribution in [3.05, 3.63) is 17.7 Å². The van der Waals surface area contributed by atoms with E-state index in [0.29, 0.717) is 48.9 Å². The largest absolute Gasteiger partial charge is 0.493 e. The highest BCUT2D eigenvalue weighted by atomic mass is 16.6. The Bertz CT molecular complexity index is 647. The standard InChI is InChI=1S/C18H23NO6/c1-23-13-10-12(11-14-15(13)25-9-8-24-14)16(20)19-18(17(21)22)6-4-2-3-5-7-18/h10-11H,2-9H2,1H3,(H,19,20)(H,21,22). The minimum Gasteiger partial charge on any atom is -0.493 e. The Morgan fingerprint density at radius 3 is 2.44 bits per heavy atom. The monoisotopic (exact) mass is 349 g/mol. The summed E-state index contributed by atoms with van der Waals surface area (Å²) in [6.45, 7) is 0.803. The smallest absolute Gasteiger partial charge is 0.329 e. The van der Waals surface area contributed by atoms with Gasteiger partial charge in [-0.2, -0.15) is 0 Å². The molecule has 2 N–H and O–H groups in total. The third-order valence-corrected chi connectivity index (χ3v) is 4.81. The van der Waals surface area contributed by atoms with E-state index < -0.39 is 17.4 Å². The molecule has 1 aromatic carbocycles. The second-order valence-electron chi connectivity index (χ2n) is 6.46. The number of fused-ring (bicyclic) bond motifs is 1. The van der Waals surface area contributed by atoms with Crippen LogP contribution in [0.2, 0.25) is 0 Å². The van der Waals surface area contributed by atoms with Crippen LogP contribution in [0.1, 0.15) is 48.9 Å². The number of carbonyl (C=O) groups is 2. The molecule has 0 radical (unpaired) electrons. The molecule has 1 saturated carbocycles. The number of carboxylic acid groups (broad SMARTS) is 1. The molecule has 0 spiro atoms. The summed E-state index contributed by atoms with van der Waals surface area (Å²) >= 11 is 0. The van der Waals surface area contributed by atoms with Gasteiger partial charge in [-0.3, -0.25) is 4.79 Å². The first-order chi connectivity index (χ1) is 12.1. The summed E-state index contributed by atoms with van der Waals surface area (Å²) in [7, 11) is 1.49. The fourth-order valence-electron chi connectivity index (χ4n) is 3.42. The zero-order chi connectivity index (χ0) is 17.9. The highest BCUT2D eigenvalue weighted by molar-refractivity contribution is 5.99. The summed E-state index contributed by atoms with van der Waals surface area (Å²) in [6.07, 6.45) is 4.44. The molecule has 1 aliphatic heterocycles. The summed E-state index contributed by atoms with van der Waals surface area (Å²) in [4.78, 5) is 24.6. The normalized spacial score (nSPS) is 18.8. The summed E-state index contributed by atoms with van der Waals surface area (Å²) in [5, 5.41) is 12.5. The van der Waals surface area contributed by atoms with E-state index in [1.54, 1.807) is 12.1 Å². The summed E-state index contributed by atoms with van der Waals surface area (Å²) in [5.41, 5.74) is -0.917. The van der Waals surface area contributed by atoms with Crippen molar-refractivity contribution >= 4 is 11.9 Å². The zero-order valence-corrected chi connectivity index (χ0v) is 14.3. The van der Waals surface area contributed by atoms with Gasteiger partial charge in [-0.1, -0.05) is 25.7 Å². The average molecular weight is 349 g/mol. The molecule has 2 aliphatic rings. The number of carbonyl (C=O) groups excluding carboxylic acids is 1. The Morgan fingerprint density at radius 2 is 1.80 bits per heavy atom. The van der Waals surface area contributed by atoms with Gasteiger partial charge in [0.05, 0.1) is 7.11 Å². The molecule has 1 aliphatic carbocycles. The lowest BCUT2D eigenvalue weighted by Crippen LogP contribution is -2.54. The maximum Gasteiger partial charge on any atom is 0.329 e. The van der Waals surface area contributed by atoms with Gasteiger partial charge >= 0.3 is 5.97 Å². The lowest BCUT2D eigenvalue weighted by atomic mass is 9.89. The van der Waals surface area contributed by atoms with Crippen LogP contribution in [0.15, 0.2) is 12.1 Å². The van der Waals surface area contributed by atoms with Gasteiger partial charge < -0.3 is 24.6 Å². The number of hydrogen-bond acceptors (Lipinski definition) is 5. The van der Waals surface area contributed by atoms with E-state index >= 15 is 0 Å². The van der Waals surface area contributed by atoms with Crippen LogP contribution < -0.4 is 19.5 Å². The van der Waals surface area contributed by atoms with Crippen molar-refractivity contribution in [2.24, 2.45) is 0 Å². The number of nitrogens with one attached hydrogen (secondary N) is 1. The first-order valence-electron chi connectivity index (χ1n) is 8.59. The van der Waals surface area contributed by atoms with Crippen LogP contribution in [0.5, 0.6) is 17.2 Å². The van der Waals surface area contributed by atoms with Gasteiger partial charge in [-0.25, -0.2) is 4.79 Å². The Balaban J connectivity index is 1.88. The molecule has 7 nitrogen and oxygen atoms in total. The van der Waals surface area contributed by atoms with Gasteiger partial charge in [0.2, 0.25) is 5.75 Å². The highest BCUT2D eigenvalue weighted by Gasteiger charge is 2.40. The van der Waals surface area contributed by atoms with Gasteiger partial charge in [-0.05, 0) is 25.0 Å². The Kier molecular flexibility index (Phi) is 5.01. The molecular weight excluding hydrogens is 326 g/mol. The van der Waals surface area contributed by atoms with Crippen molar-refractivity contribution in [3.8, 4) is 17.2 Å². The number of aliphatic carboxylic acids is 1. The molecule has 0 unspecified atom stereocenters. The number of hydrogen-bond donors (Lipinski definition) is 2. The van der Waals surface area contributed by atoms with Crippen molar-refractivity contribution in [1.82, 2.24) is 5.32 Å². The molecule has 136 valence electrons. The molecule has 0 bridgehead atoms. The third-order valence-electron chi connectivity index (χ3n) is 4.81. The predicted octanol–water partition coefficient (Wildman–Crippen LogP) is 2.37. The zero-order valence-electron chi connectivity index (χ0n) is 14.3. The van der Waals surface area contributed by atoms with Gasteiger partial charge in [0.15, 0.2) is 11.5 Å². The molecule has 1 heterocycles. The summed E-state index contributed by atoms with van der Waals surface area (Å²) in [6, 6.07) is 3.12. The van der Waals surface area contributed by atoms with Crippen molar-refractivity contribution in [2.45, 2.75) is 44.1 Å². The average Bonchev–Trinajstić information content (AvgIpc) is 2.87. The number of amides is 1. The minimum absolute atomic E-state index is 0.297. The van der Waals surface area contributed by atoms with E-state index in [1.165, 1.54) is 7.11 Å². The van der Waals surface area contributed by atoms with Crippen LogP contribution in [0.4, 0.5) is 0 Å². The predicted molar refractivity (Wildman–Crippen MR) is 89.5 cm³/mol. The lowest BCUT2D eigenvalue weighted by Gasteiger charge is -2.29. The molecule has 0 saturated heterocycles. The molecule has 0 atom stereocenters. The van der Waals surface area contributed by atoms with Crippen molar-refractivity contribution in [3.63, 3.8) is 0 Å². The number of ether oxygens (including phenoxy) is 3. The third kappa shape index (κ3) is 3.50. The second-order valence-corrected chi connectivity index (χ2v) is 6.46. The summed E-state index contributed by atoms with van der Waals surface area (Å²) in [5.74, 6) is -0.131. The molecule has 3 rings (SSSR count). The molecule has 25 heavy (non-hydrogen) atoms. The van der Waals surface area contributed by atoms with Gasteiger partial charge in [0.25, 0.3) is 5.91 Å². The number of rotatable bonds is 4. The van der Waals surface area contributed by atoms with Crippen LogP contribution in [0.25, 0.3) is 0 Å². The molecule has 1 fully saturated rings. The fourth-order valence-corrected chi connectivity index (χ4v) is 3.42. The SMILES string of the molecule is COc1cc(C(=O)NC2(C(=O)O)CCCCCC2)cc2c1OCCO2. The molecule has 1 aromatic rings. The number of carboxylic acids is 1. The topological polar surface area (TPSA) is 94.1 Å². The number of benzene rings is 1. The molecule has 0 aromatic heterocycles. The number of methoxy groups -OCH3 is 1. The Morgan fingerprint density at radius 1 is 1.12 bits per heavy atom. The maximum atomic E-state index is 12.8. The molecular formula is C18H23NO6. The second kappa shape index (κ2) is 7.21. The molecule has 1 amide bonds. The van der Waals surface area contributed by atoms with E-state index in [1.807, 2.05) is 0 Å². The quantitative estimate of drug-likeness (QED) is 0.811. The Labute approximate surface area is 146 Å².